The Morgan fingerprint density at radius 1 is 1.65 bits per heavy atom. The molecular formula is C13H16N2O2. The van der Waals surface area contributed by atoms with Crippen molar-refractivity contribution < 1.29 is 23.2 Å². The van der Waals surface area contributed by atoms with Crippen molar-refractivity contribution in [2.45, 2.75) is 13.2 Å². The van der Waals surface area contributed by atoms with Gasteiger partial charge in [0.25, 0.3) is 0 Å². The van der Waals surface area contributed by atoms with Gasteiger partial charge in [0.05, 0.1) is 11.2 Å². The van der Waals surface area contributed by atoms with Gasteiger partial charge in [-0.3, -0.25) is 4.79 Å². The lowest BCUT2D eigenvalue weighted by Gasteiger charge is -2.03. The van der Waals surface area contributed by atoms with Gasteiger partial charge in [0.2, 0.25) is 5.91 Å². The summed E-state index contributed by atoms with van der Waals surface area (Å²) in [5.41, 5.74) is 0.119. The van der Waals surface area contributed by atoms with Gasteiger partial charge >= 0.3 is 0 Å². The Kier molecular flexibility index (Phi) is 1.26. The number of hydrogen-bond donors (Lipinski definition) is 2. The molecule has 0 bridgehead atoms. The third kappa shape index (κ3) is 2.58. The van der Waals surface area contributed by atoms with E-state index in [4.69, 9.17) is 18.4 Å². The number of carbonyl (C=O) groups is 1. The maximum Gasteiger partial charge on any atom is 0.216 e. The molecule has 0 unspecified atom stereocenters. The molecule has 2 aromatic rings. The molecule has 0 saturated heterocycles. The van der Waals surface area contributed by atoms with Crippen LogP contribution in [-0.2, 0) is 11.2 Å². The van der Waals surface area contributed by atoms with E-state index in [9.17, 15) is 4.79 Å². The van der Waals surface area contributed by atoms with Gasteiger partial charge in [-0.25, -0.2) is 0 Å². The third-order valence-electron chi connectivity index (χ3n) is 2.14. The van der Waals surface area contributed by atoms with Crippen molar-refractivity contribution in [3.63, 3.8) is 0 Å². The molecule has 2 N–H and O–H groups in total. The molecule has 1 aromatic heterocycles. The standard InChI is InChI=1S/C13H16N2O2/c1-9(16)14-6-5-10-8-15-13-4-3-11(17-2)7-12(10)13/h3-4,7-8,15H,5-6H2,1-2H3,(H,14,16)/i1+1D3,2+1D3,5+1D2,6D2. The van der Waals surface area contributed by atoms with Crippen molar-refractivity contribution in [2.75, 3.05) is 13.5 Å². The number of carbonyl (C=O) groups excluding carboxylic acids is 1. The molecule has 17 heavy (non-hydrogen) atoms. The van der Waals surface area contributed by atoms with E-state index in [2.05, 4.69) is 4.98 Å². The van der Waals surface area contributed by atoms with Crippen LogP contribution in [0, 0.1) is 0 Å². The second-order valence-electron chi connectivity index (χ2n) is 3.22. The number of aromatic amines is 1. The van der Waals surface area contributed by atoms with E-state index in [1.807, 2.05) is 0 Å². The summed E-state index contributed by atoms with van der Waals surface area (Å²) in [5, 5.41) is 1.68. The molecule has 0 atom stereocenters. The normalized spacial score (nSPS) is 22.4. The van der Waals surface area contributed by atoms with Crippen molar-refractivity contribution in [3.05, 3.63) is 30.0 Å². The van der Waals surface area contributed by atoms with E-state index in [0.29, 0.717) is 5.52 Å². The minimum absolute atomic E-state index is 0.0914. The highest BCUT2D eigenvalue weighted by Gasteiger charge is 2.05. The molecule has 0 saturated carbocycles. The van der Waals surface area contributed by atoms with Gasteiger partial charge in [0, 0.05) is 40.0 Å². The fourth-order valence-corrected chi connectivity index (χ4v) is 1.42. The van der Waals surface area contributed by atoms with Crippen LogP contribution in [0.25, 0.3) is 10.9 Å². The summed E-state index contributed by atoms with van der Waals surface area (Å²) < 4.78 is 79.1. The molecule has 1 heterocycles. The van der Waals surface area contributed by atoms with Gasteiger partial charge in [-0.05, 0) is 30.1 Å². The highest BCUT2D eigenvalue weighted by Crippen LogP contribution is 2.23. The first-order valence-electron chi connectivity index (χ1n) is 9.68. The molecule has 1 amide bonds. The molecule has 4 heteroatoms. The molecule has 0 aliphatic rings. The van der Waals surface area contributed by atoms with Gasteiger partial charge in [0.1, 0.15) is 5.75 Å². The second-order valence-corrected chi connectivity index (χ2v) is 3.22. The Labute approximate surface area is 114 Å². The zero-order valence-electron chi connectivity index (χ0n) is 18.6. The summed E-state index contributed by atoms with van der Waals surface area (Å²) >= 11 is 0. The Morgan fingerprint density at radius 2 is 2.59 bits per heavy atom. The van der Waals surface area contributed by atoms with Gasteiger partial charge in [-0.2, -0.15) is 0 Å². The highest BCUT2D eigenvalue weighted by atomic mass is 16.5. The van der Waals surface area contributed by atoms with Crippen molar-refractivity contribution in [3.8, 4) is 5.75 Å². The van der Waals surface area contributed by atoms with Gasteiger partial charge in [0.15, 0.2) is 0 Å². The van der Waals surface area contributed by atoms with E-state index in [0.717, 1.165) is 6.20 Å². The fourth-order valence-electron chi connectivity index (χ4n) is 1.42. The van der Waals surface area contributed by atoms with Crippen LogP contribution in [0.15, 0.2) is 24.4 Å². The number of aryl methyl sites for hydroxylation is 1. The van der Waals surface area contributed by atoms with Crippen LogP contribution < -0.4 is 10.1 Å². The average Bonchev–Trinajstić information content (AvgIpc) is 2.87. The number of aromatic nitrogens is 1. The van der Waals surface area contributed by atoms with Crippen molar-refractivity contribution in [2.24, 2.45) is 0 Å². The smallest absolute Gasteiger partial charge is 0.216 e. The Bertz CT molecular complexity index is 853. The van der Waals surface area contributed by atoms with Gasteiger partial charge < -0.3 is 15.0 Å². The number of fused-ring (bicyclic) bond motifs is 1. The van der Waals surface area contributed by atoms with E-state index >= 15 is 0 Å². The number of ether oxygens (including phenoxy) is 1. The zero-order chi connectivity index (χ0) is 20.8. The highest BCUT2D eigenvalue weighted by molar-refractivity contribution is 5.84. The first kappa shape index (κ1) is 4.37. The van der Waals surface area contributed by atoms with Crippen LogP contribution in [0.4, 0.5) is 0 Å². The van der Waals surface area contributed by atoms with Crippen LogP contribution in [0.3, 0.4) is 0 Å². The lowest BCUT2D eigenvalue weighted by Crippen LogP contribution is -2.22. The number of hydrogen-bond acceptors (Lipinski definition) is 2. The monoisotopic (exact) mass is 245 g/mol. The Morgan fingerprint density at radius 3 is 3.41 bits per heavy atom. The molecule has 0 spiro atoms. The minimum Gasteiger partial charge on any atom is -0.497 e. The summed E-state index contributed by atoms with van der Waals surface area (Å²) in [6.07, 6.45) is -1.70. The van der Waals surface area contributed by atoms with Crippen LogP contribution in [0.1, 0.15) is 26.1 Å². The largest absolute Gasteiger partial charge is 0.497 e. The summed E-state index contributed by atoms with van der Waals surface area (Å²) in [6, 6.07) is 3.98. The summed E-state index contributed by atoms with van der Waals surface area (Å²) in [7, 11) is -2.73. The molecule has 1 aromatic carbocycles. The van der Waals surface area contributed by atoms with Gasteiger partial charge in [-0.15, -0.1) is 0 Å². The van der Waals surface area contributed by atoms with Crippen molar-refractivity contribution >= 4 is 16.8 Å². The van der Waals surface area contributed by atoms with E-state index in [-0.39, 0.29) is 16.7 Å². The topological polar surface area (TPSA) is 54.1 Å². The molecule has 90 valence electrons. The zero-order valence-corrected chi connectivity index (χ0v) is 8.63. The Hall–Kier alpha value is -1.97. The lowest BCUT2D eigenvalue weighted by atomic mass is 10.2. The summed E-state index contributed by atoms with van der Waals surface area (Å²) in [6.45, 7) is -6.22. The maximum absolute atomic E-state index is 11.6. The molecule has 2 rings (SSSR count). The second kappa shape index (κ2) is 4.91. The van der Waals surface area contributed by atoms with E-state index in [1.54, 1.807) is 5.32 Å². The van der Waals surface area contributed by atoms with E-state index < -0.39 is 32.7 Å². The minimum atomic E-state index is -3.15. The first-order chi connectivity index (χ1) is 12.0. The predicted octanol–water partition coefficient (Wildman–Crippen LogP) is 1.86. The number of rotatable bonds is 4. The molecule has 0 aliphatic heterocycles. The van der Waals surface area contributed by atoms with E-state index in [1.165, 1.54) is 18.2 Å². The quantitative estimate of drug-likeness (QED) is 0.808. The predicted molar refractivity (Wildman–Crippen MR) is 67.2 cm³/mol. The lowest BCUT2D eigenvalue weighted by molar-refractivity contribution is -0.118. The number of methoxy groups -OCH3 is 1. The van der Waals surface area contributed by atoms with Crippen LogP contribution in [0.5, 0.6) is 5.75 Å². The number of nitrogens with one attached hydrogen (secondary N) is 2. The molecule has 0 radical (unpaired) electrons. The number of benzene rings is 1. The molecule has 0 fully saturated rings. The Balaban J connectivity index is 2.46. The van der Waals surface area contributed by atoms with Crippen molar-refractivity contribution in [1.82, 2.24) is 10.3 Å². The summed E-state index contributed by atoms with van der Waals surface area (Å²) in [5.74, 6) is -1.73. The average molecular weight is 245 g/mol. The van der Waals surface area contributed by atoms with Gasteiger partial charge in [-0.1, -0.05) is 0 Å². The van der Waals surface area contributed by atoms with Crippen LogP contribution in [0.2, 0.25) is 0 Å². The fraction of sp³-hybridized carbons (Fsp3) is 0.308. The van der Waals surface area contributed by atoms with Crippen LogP contribution >= 0.6 is 0 Å². The van der Waals surface area contributed by atoms with Crippen molar-refractivity contribution in [1.29, 1.82) is 0 Å². The maximum atomic E-state index is 11.6. The van der Waals surface area contributed by atoms with Crippen LogP contribution in [-0.4, -0.2) is 24.4 Å². The molecule has 4 nitrogen and oxygen atoms in total. The first-order valence-corrected chi connectivity index (χ1v) is 4.68. The number of H-pyrrole nitrogens is 1. The third-order valence-corrected chi connectivity index (χ3v) is 2.14. The summed E-state index contributed by atoms with van der Waals surface area (Å²) in [4.78, 5) is 14.3. The SMILES string of the molecule is [2H]C([2H])(NC(=O)[13C]([2H])([2H])[2H])[13C]([2H])([2H])c1c[nH]c2ccc(O[13C]([2H])([2H])[2H])cc12. The number of amides is 1. The molecular weight excluding hydrogens is 219 g/mol. The molecule has 0 aliphatic carbocycles.